The first kappa shape index (κ1) is 20.6. The lowest BCUT2D eigenvalue weighted by Gasteiger charge is -2.22. The third kappa shape index (κ3) is 6.80. The number of carbonyl (C=O) groups excluding carboxylic acids is 1. The molecule has 1 aromatic heterocycles. The van der Waals surface area contributed by atoms with Gasteiger partial charge in [0.15, 0.2) is 0 Å². The molecule has 1 amide bonds. The average molecular weight is 396 g/mol. The van der Waals surface area contributed by atoms with E-state index >= 15 is 0 Å². The number of pyridine rings is 1. The Labute approximate surface area is 172 Å². The number of benzene rings is 1. The third-order valence-corrected chi connectivity index (χ3v) is 5.63. The number of amides is 1. The molecule has 0 aliphatic carbocycles. The van der Waals surface area contributed by atoms with Crippen LogP contribution in [0.2, 0.25) is 0 Å². The van der Waals surface area contributed by atoms with E-state index in [0.717, 1.165) is 56.3 Å². The Morgan fingerprint density at radius 2 is 1.93 bits per heavy atom. The van der Waals surface area contributed by atoms with Crippen molar-refractivity contribution in [1.29, 1.82) is 0 Å². The number of hydrogen-bond acceptors (Lipinski definition) is 4. The highest BCUT2D eigenvalue weighted by Crippen LogP contribution is 2.13. The summed E-state index contributed by atoms with van der Waals surface area (Å²) in [6.45, 7) is 6.51. The SMILES string of the molecule is Cc1cccc(CN2CCCN(C(=O)CCSC=Cc3ccccc3)CC2)n1. The number of nitrogens with zero attached hydrogens (tertiary/aromatic N) is 3. The van der Waals surface area contributed by atoms with Crippen molar-refractivity contribution in [2.75, 3.05) is 31.9 Å². The maximum atomic E-state index is 12.6. The van der Waals surface area contributed by atoms with Gasteiger partial charge in [-0.2, -0.15) is 0 Å². The molecule has 3 rings (SSSR count). The summed E-state index contributed by atoms with van der Waals surface area (Å²) in [7, 11) is 0. The van der Waals surface area contributed by atoms with Gasteiger partial charge in [0.1, 0.15) is 0 Å². The first-order valence-corrected chi connectivity index (χ1v) is 11.0. The quantitative estimate of drug-likeness (QED) is 0.658. The van der Waals surface area contributed by atoms with Crippen LogP contribution >= 0.6 is 11.8 Å². The van der Waals surface area contributed by atoms with Gasteiger partial charge in [0.05, 0.1) is 5.69 Å². The summed E-state index contributed by atoms with van der Waals surface area (Å²) >= 11 is 1.70. The minimum atomic E-state index is 0.274. The molecule has 1 aromatic carbocycles. The van der Waals surface area contributed by atoms with E-state index in [-0.39, 0.29) is 5.91 Å². The molecule has 28 heavy (non-hydrogen) atoms. The van der Waals surface area contributed by atoms with Gasteiger partial charge >= 0.3 is 0 Å². The number of rotatable bonds is 7. The molecule has 1 saturated heterocycles. The molecule has 5 heteroatoms. The second-order valence-electron chi connectivity index (χ2n) is 7.12. The Balaban J connectivity index is 1.38. The second-order valence-corrected chi connectivity index (χ2v) is 8.13. The zero-order valence-electron chi connectivity index (χ0n) is 16.6. The minimum absolute atomic E-state index is 0.274. The van der Waals surface area contributed by atoms with Gasteiger partial charge < -0.3 is 4.90 Å². The summed E-state index contributed by atoms with van der Waals surface area (Å²) < 4.78 is 0. The van der Waals surface area contributed by atoms with Crippen LogP contribution in [0.1, 0.15) is 29.8 Å². The van der Waals surface area contributed by atoms with Crippen LogP contribution in [0.15, 0.2) is 53.9 Å². The largest absolute Gasteiger partial charge is 0.341 e. The maximum Gasteiger partial charge on any atom is 0.223 e. The monoisotopic (exact) mass is 395 g/mol. The molecule has 0 bridgehead atoms. The minimum Gasteiger partial charge on any atom is -0.341 e. The Kier molecular flexibility index (Phi) is 8.12. The summed E-state index contributed by atoms with van der Waals surface area (Å²) in [4.78, 5) is 21.6. The van der Waals surface area contributed by atoms with Crippen LogP contribution in [-0.4, -0.2) is 52.6 Å². The van der Waals surface area contributed by atoms with Crippen LogP contribution in [0.25, 0.3) is 6.08 Å². The molecular formula is C23H29N3OS. The molecule has 2 aromatic rings. The van der Waals surface area contributed by atoms with Gasteiger partial charge in [0.25, 0.3) is 0 Å². The fraction of sp³-hybridized carbons (Fsp3) is 0.391. The lowest BCUT2D eigenvalue weighted by molar-refractivity contribution is -0.130. The highest BCUT2D eigenvalue weighted by molar-refractivity contribution is 8.02. The molecule has 0 spiro atoms. The van der Waals surface area contributed by atoms with Crippen molar-refractivity contribution in [2.45, 2.75) is 26.3 Å². The first-order valence-electron chi connectivity index (χ1n) is 9.96. The summed E-state index contributed by atoms with van der Waals surface area (Å²) in [5.41, 5.74) is 3.36. The Hall–Kier alpha value is -2.11. The standard InChI is InChI=1S/C23H29N3OS/c1-20-7-5-10-22(24-20)19-25-13-6-14-26(16-15-25)23(27)12-18-28-17-11-21-8-3-2-4-9-21/h2-5,7-11,17H,6,12-16,18-19H2,1H3. The van der Waals surface area contributed by atoms with Crippen LogP contribution in [-0.2, 0) is 11.3 Å². The first-order chi connectivity index (χ1) is 13.7. The van der Waals surface area contributed by atoms with E-state index in [1.807, 2.05) is 36.1 Å². The maximum absolute atomic E-state index is 12.6. The highest BCUT2D eigenvalue weighted by Gasteiger charge is 2.19. The van der Waals surface area contributed by atoms with Gasteiger partial charge in [0.2, 0.25) is 5.91 Å². The number of aromatic nitrogens is 1. The molecular weight excluding hydrogens is 366 g/mol. The summed E-state index contributed by atoms with van der Waals surface area (Å²) in [6, 6.07) is 16.4. The average Bonchev–Trinajstić information content (AvgIpc) is 2.94. The van der Waals surface area contributed by atoms with E-state index in [4.69, 9.17) is 0 Å². The zero-order valence-corrected chi connectivity index (χ0v) is 17.4. The van der Waals surface area contributed by atoms with Crippen molar-refractivity contribution < 1.29 is 4.79 Å². The van der Waals surface area contributed by atoms with Crippen molar-refractivity contribution in [2.24, 2.45) is 0 Å². The van der Waals surface area contributed by atoms with E-state index in [0.29, 0.717) is 6.42 Å². The fourth-order valence-electron chi connectivity index (χ4n) is 3.36. The fourth-order valence-corrected chi connectivity index (χ4v) is 4.04. The molecule has 0 saturated carbocycles. The summed E-state index contributed by atoms with van der Waals surface area (Å²) in [6.07, 6.45) is 3.72. The van der Waals surface area contributed by atoms with Gasteiger partial charge in [-0.15, -0.1) is 11.8 Å². The topological polar surface area (TPSA) is 36.4 Å². The van der Waals surface area contributed by atoms with Crippen LogP contribution < -0.4 is 0 Å². The van der Waals surface area contributed by atoms with Crippen LogP contribution in [0.3, 0.4) is 0 Å². The molecule has 0 atom stereocenters. The van der Waals surface area contributed by atoms with E-state index < -0.39 is 0 Å². The molecule has 2 heterocycles. The van der Waals surface area contributed by atoms with E-state index in [9.17, 15) is 4.79 Å². The molecule has 0 radical (unpaired) electrons. The summed E-state index contributed by atoms with van der Waals surface area (Å²) in [5.74, 6) is 1.10. The number of thioether (sulfide) groups is 1. The normalized spacial score (nSPS) is 15.7. The second kappa shape index (κ2) is 11.0. The van der Waals surface area contributed by atoms with Crippen molar-refractivity contribution in [3.63, 3.8) is 0 Å². The van der Waals surface area contributed by atoms with Gasteiger partial charge in [0, 0.05) is 50.6 Å². The molecule has 0 unspecified atom stereocenters. The number of carbonyl (C=O) groups is 1. The Morgan fingerprint density at radius 1 is 1.07 bits per heavy atom. The lowest BCUT2D eigenvalue weighted by atomic mass is 10.2. The van der Waals surface area contributed by atoms with Gasteiger partial charge in [-0.05, 0) is 42.5 Å². The van der Waals surface area contributed by atoms with Crippen molar-refractivity contribution in [3.8, 4) is 0 Å². The predicted molar refractivity (Wildman–Crippen MR) is 118 cm³/mol. The molecule has 0 N–H and O–H groups in total. The van der Waals surface area contributed by atoms with E-state index in [1.165, 1.54) is 5.56 Å². The third-order valence-electron chi connectivity index (χ3n) is 4.86. The lowest BCUT2D eigenvalue weighted by Crippen LogP contribution is -2.35. The van der Waals surface area contributed by atoms with E-state index in [1.54, 1.807) is 11.8 Å². The van der Waals surface area contributed by atoms with Crippen molar-refractivity contribution >= 4 is 23.7 Å². The van der Waals surface area contributed by atoms with Gasteiger partial charge in [-0.3, -0.25) is 14.7 Å². The van der Waals surface area contributed by atoms with Crippen LogP contribution in [0.5, 0.6) is 0 Å². The van der Waals surface area contributed by atoms with E-state index in [2.05, 4.69) is 45.6 Å². The van der Waals surface area contributed by atoms with Crippen LogP contribution in [0, 0.1) is 6.92 Å². The summed E-state index contributed by atoms with van der Waals surface area (Å²) in [5, 5.41) is 2.08. The van der Waals surface area contributed by atoms with Gasteiger partial charge in [-0.1, -0.05) is 36.4 Å². The molecule has 1 fully saturated rings. The van der Waals surface area contributed by atoms with Crippen LogP contribution in [0.4, 0.5) is 0 Å². The molecule has 4 nitrogen and oxygen atoms in total. The van der Waals surface area contributed by atoms with Crippen molar-refractivity contribution in [1.82, 2.24) is 14.8 Å². The highest BCUT2D eigenvalue weighted by atomic mass is 32.2. The smallest absolute Gasteiger partial charge is 0.223 e. The number of hydrogen-bond donors (Lipinski definition) is 0. The Morgan fingerprint density at radius 3 is 2.75 bits per heavy atom. The number of aryl methyl sites for hydroxylation is 1. The molecule has 1 aliphatic heterocycles. The molecule has 148 valence electrons. The van der Waals surface area contributed by atoms with Gasteiger partial charge in [-0.25, -0.2) is 0 Å². The Bertz CT molecular complexity index is 778. The molecule has 1 aliphatic rings. The predicted octanol–water partition coefficient (Wildman–Crippen LogP) is 4.22. The zero-order chi connectivity index (χ0) is 19.6. The van der Waals surface area contributed by atoms with Crippen molar-refractivity contribution in [3.05, 3.63) is 70.9 Å².